The summed E-state index contributed by atoms with van der Waals surface area (Å²) in [7, 11) is 2.93. The number of ether oxygens (including phenoxy) is 2. The van der Waals surface area contributed by atoms with E-state index in [2.05, 4.69) is 10.6 Å². The number of furan rings is 1. The number of hydrogen-bond donors (Lipinski definition) is 2. The quantitative estimate of drug-likeness (QED) is 0.453. The van der Waals surface area contributed by atoms with Crippen molar-refractivity contribution in [1.82, 2.24) is 0 Å². The van der Waals surface area contributed by atoms with Gasteiger partial charge in [0, 0.05) is 28.4 Å². The summed E-state index contributed by atoms with van der Waals surface area (Å²) < 4.78 is 15.6. The molecule has 0 saturated carbocycles. The lowest BCUT2D eigenvalue weighted by Crippen LogP contribution is -2.12. The van der Waals surface area contributed by atoms with Gasteiger partial charge >= 0.3 is 0 Å². The average Bonchev–Trinajstić information content (AvgIpc) is 3.28. The summed E-state index contributed by atoms with van der Waals surface area (Å²) >= 11 is 12.1. The van der Waals surface area contributed by atoms with E-state index in [4.69, 9.17) is 37.1 Å². The molecule has 160 valence electrons. The number of carbonyl (C=O) groups excluding carboxylic acids is 2. The Morgan fingerprint density at radius 2 is 1.84 bits per heavy atom. The fraction of sp³-hybridized carbons (Fsp3) is 0.0909. The minimum Gasteiger partial charge on any atom is -0.495 e. The number of methoxy groups -OCH3 is 2. The second-order valence-corrected chi connectivity index (χ2v) is 7.02. The zero-order valence-electron chi connectivity index (χ0n) is 16.6. The van der Waals surface area contributed by atoms with Crippen LogP contribution in [-0.4, -0.2) is 26.0 Å². The van der Waals surface area contributed by atoms with E-state index in [1.165, 1.54) is 26.6 Å². The standard InChI is InChI=1S/C22H18Cl2N2O5/c1-29-19-12-15(6-7-17(19)26-22(28)18-4-3-9-31-18)25-20(27)8-5-13-10-14(23)11-16(24)21(13)30-2/h3-12H,1-2H3,(H,25,27)(H,26,28). The van der Waals surface area contributed by atoms with E-state index in [1.54, 1.807) is 48.5 Å². The van der Waals surface area contributed by atoms with Crippen LogP contribution in [0.25, 0.3) is 6.08 Å². The summed E-state index contributed by atoms with van der Waals surface area (Å²) in [5.41, 5.74) is 1.46. The predicted molar refractivity (Wildman–Crippen MR) is 120 cm³/mol. The number of halogens is 2. The number of anilines is 2. The van der Waals surface area contributed by atoms with E-state index in [-0.39, 0.29) is 5.76 Å². The van der Waals surface area contributed by atoms with Crippen LogP contribution in [0.4, 0.5) is 11.4 Å². The molecule has 0 aliphatic rings. The molecule has 2 N–H and O–H groups in total. The molecule has 7 nitrogen and oxygen atoms in total. The van der Waals surface area contributed by atoms with Crippen molar-refractivity contribution in [2.45, 2.75) is 0 Å². The van der Waals surface area contributed by atoms with Crippen molar-refractivity contribution in [1.29, 1.82) is 0 Å². The molecule has 0 bridgehead atoms. The van der Waals surface area contributed by atoms with Crippen molar-refractivity contribution < 1.29 is 23.5 Å². The molecule has 0 unspecified atom stereocenters. The van der Waals surface area contributed by atoms with Gasteiger partial charge in [-0.05, 0) is 42.5 Å². The highest BCUT2D eigenvalue weighted by Crippen LogP contribution is 2.33. The molecule has 0 radical (unpaired) electrons. The van der Waals surface area contributed by atoms with Gasteiger partial charge < -0.3 is 24.5 Å². The Kier molecular flexibility index (Phi) is 7.23. The third-order valence-electron chi connectivity index (χ3n) is 4.12. The predicted octanol–water partition coefficient (Wildman–Crippen LogP) is 5.51. The molecule has 31 heavy (non-hydrogen) atoms. The second kappa shape index (κ2) is 10.1. The molecular formula is C22H18Cl2N2O5. The van der Waals surface area contributed by atoms with Crippen LogP contribution in [0.2, 0.25) is 10.0 Å². The van der Waals surface area contributed by atoms with Crippen molar-refractivity contribution >= 4 is 52.5 Å². The first-order valence-corrected chi connectivity index (χ1v) is 9.72. The molecule has 0 aliphatic heterocycles. The molecule has 3 rings (SSSR count). The molecule has 2 aromatic carbocycles. The fourth-order valence-electron chi connectivity index (χ4n) is 2.73. The molecule has 1 aromatic heterocycles. The van der Waals surface area contributed by atoms with E-state index in [0.717, 1.165) is 0 Å². The van der Waals surface area contributed by atoms with E-state index in [0.29, 0.717) is 38.5 Å². The fourth-order valence-corrected chi connectivity index (χ4v) is 3.32. The van der Waals surface area contributed by atoms with Crippen LogP contribution in [0.5, 0.6) is 11.5 Å². The molecule has 0 spiro atoms. The summed E-state index contributed by atoms with van der Waals surface area (Å²) in [4.78, 5) is 24.5. The van der Waals surface area contributed by atoms with Gasteiger partial charge in [-0.3, -0.25) is 9.59 Å². The Balaban J connectivity index is 1.72. The molecule has 0 fully saturated rings. The van der Waals surface area contributed by atoms with Crippen LogP contribution in [0, 0.1) is 0 Å². The average molecular weight is 461 g/mol. The highest BCUT2D eigenvalue weighted by Gasteiger charge is 2.13. The molecule has 3 aromatic rings. The third-order valence-corrected chi connectivity index (χ3v) is 4.62. The molecule has 0 atom stereocenters. The zero-order chi connectivity index (χ0) is 22.4. The van der Waals surface area contributed by atoms with E-state index in [1.807, 2.05) is 0 Å². The van der Waals surface area contributed by atoms with Crippen molar-refractivity contribution in [2.24, 2.45) is 0 Å². The largest absolute Gasteiger partial charge is 0.495 e. The first-order valence-electron chi connectivity index (χ1n) is 8.96. The Morgan fingerprint density at radius 3 is 2.52 bits per heavy atom. The number of hydrogen-bond acceptors (Lipinski definition) is 5. The van der Waals surface area contributed by atoms with Crippen molar-refractivity contribution in [2.75, 3.05) is 24.9 Å². The van der Waals surface area contributed by atoms with Crippen molar-refractivity contribution in [3.05, 3.63) is 76.2 Å². The molecule has 0 aliphatic carbocycles. The molecule has 9 heteroatoms. The summed E-state index contributed by atoms with van der Waals surface area (Å²) in [6, 6.07) is 11.2. The van der Waals surface area contributed by atoms with Crippen LogP contribution < -0.4 is 20.1 Å². The van der Waals surface area contributed by atoms with Gasteiger partial charge in [0.25, 0.3) is 5.91 Å². The maximum Gasteiger partial charge on any atom is 0.291 e. The Bertz CT molecular complexity index is 1130. The minimum absolute atomic E-state index is 0.168. The maximum atomic E-state index is 12.3. The number of carbonyl (C=O) groups is 2. The van der Waals surface area contributed by atoms with Crippen molar-refractivity contribution in [3.8, 4) is 11.5 Å². The summed E-state index contributed by atoms with van der Waals surface area (Å²) in [5.74, 6) is 0.129. The first-order chi connectivity index (χ1) is 14.9. The van der Waals surface area contributed by atoms with Gasteiger partial charge in [0.05, 0.1) is 31.2 Å². The third kappa shape index (κ3) is 5.59. The molecule has 2 amide bonds. The number of rotatable bonds is 7. The number of nitrogens with one attached hydrogen (secondary N) is 2. The van der Waals surface area contributed by atoms with E-state index >= 15 is 0 Å². The van der Waals surface area contributed by atoms with E-state index < -0.39 is 11.8 Å². The van der Waals surface area contributed by atoms with Crippen molar-refractivity contribution in [3.63, 3.8) is 0 Å². The Labute approximate surface area is 188 Å². The summed E-state index contributed by atoms with van der Waals surface area (Å²) in [6.07, 6.45) is 4.27. The normalized spacial score (nSPS) is 10.7. The minimum atomic E-state index is -0.419. The SMILES string of the molecule is COc1cc(NC(=O)C=Cc2cc(Cl)cc(Cl)c2OC)ccc1NC(=O)c1ccco1. The lowest BCUT2D eigenvalue weighted by molar-refractivity contribution is -0.111. The second-order valence-electron chi connectivity index (χ2n) is 6.18. The highest BCUT2D eigenvalue weighted by molar-refractivity contribution is 6.36. The topological polar surface area (TPSA) is 89.8 Å². The smallest absolute Gasteiger partial charge is 0.291 e. The lowest BCUT2D eigenvalue weighted by atomic mass is 10.2. The van der Waals surface area contributed by atoms with Crippen LogP contribution in [0.3, 0.4) is 0 Å². The molecular weight excluding hydrogens is 443 g/mol. The van der Waals surface area contributed by atoms with Crippen LogP contribution in [-0.2, 0) is 4.79 Å². The Hall–Kier alpha value is -3.42. The van der Waals surface area contributed by atoms with Crippen LogP contribution in [0.15, 0.2) is 59.2 Å². The van der Waals surface area contributed by atoms with Crippen LogP contribution in [0.1, 0.15) is 16.1 Å². The monoisotopic (exact) mass is 460 g/mol. The van der Waals surface area contributed by atoms with Gasteiger partial charge in [0.15, 0.2) is 5.76 Å². The molecule has 1 heterocycles. The number of amides is 2. The summed E-state index contributed by atoms with van der Waals surface area (Å²) in [5, 5.41) is 6.17. The van der Waals surface area contributed by atoms with Gasteiger partial charge in [-0.2, -0.15) is 0 Å². The van der Waals surface area contributed by atoms with Gasteiger partial charge in [-0.25, -0.2) is 0 Å². The van der Waals surface area contributed by atoms with Crippen LogP contribution >= 0.6 is 23.2 Å². The van der Waals surface area contributed by atoms with Gasteiger partial charge in [-0.15, -0.1) is 0 Å². The molecule has 0 saturated heterocycles. The van der Waals surface area contributed by atoms with E-state index in [9.17, 15) is 9.59 Å². The zero-order valence-corrected chi connectivity index (χ0v) is 18.1. The highest BCUT2D eigenvalue weighted by atomic mass is 35.5. The Morgan fingerprint density at radius 1 is 1.03 bits per heavy atom. The van der Waals surface area contributed by atoms with Gasteiger partial charge in [0.1, 0.15) is 11.5 Å². The summed E-state index contributed by atoms with van der Waals surface area (Å²) in [6.45, 7) is 0. The lowest BCUT2D eigenvalue weighted by Gasteiger charge is -2.11. The van der Waals surface area contributed by atoms with Gasteiger partial charge in [-0.1, -0.05) is 23.2 Å². The maximum absolute atomic E-state index is 12.3. The number of benzene rings is 2. The first kappa shape index (κ1) is 22.3. The van der Waals surface area contributed by atoms with Gasteiger partial charge in [0.2, 0.25) is 5.91 Å².